The summed E-state index contributed by atoms with van der Waals surface area (Å²) in [5, 5.41) is 12.6. The molecule has 1 aliphatic rings. The Labute approximate surface area is 106 Å². The zero-order valence-electron chi connectivity index (χ0n) is 12.0. The molecule has 1 rings (SSSR count). The van der Waals surface area contributed by atoms with Crippen molar-refractivity contribution >= 4 is 0 Å². The van der Waals surface area contributed by atoms with Gasteiger partial charge in [0.05, 0.1) is 6.07 Å². The zero-order valence-corrected chi connectivity index (χ0v) is 12.0. The molecule has 0 aromatic heterocycles. The number of nitrogens with zero attached hydrogens (tertiary/aromatic N) is 2. The fourth-order valence-corrected chi connectivity index (χ4v) is 3.20. The molecule has 0 aromatic rings. The van der Waals surface area contributed by atoms with E-state index in [1.807, 2.05) is 6.92 Å². The minimum Gasteiger partial charge on any atom is -0.300 e. The van der Waals surface area contributed by atoms with Crippen molar-refractivity contribution in [2.45, 2.75) is 65.1 Å². The standard InChI is InChI=1S/C14H27N3/c1-6-16-14(5,10-15)8-13(4)17-9-11(2)7-12(17)3/h11-13,16H,6-9H2,1-5H3. The lowest BCUT2D eigenvalue weighted by Crippen LogP contribution is -2.47. The van der Waals surface area contributed by atoms with E-state index in [-0.39, 0.29) is 5.54 Å². The van der Waals surface area contributed by atoms with E-state index in [4.69, 9.17) is 0 Å². The van der Waals surface area contributed by atoms with E-state index in [9.17, 15) is 5.26 Å². The van der Waals surface area contributed by atoms with Gasteiger partial charge in [-0.05, 0) is 46.1 Å². The molecule has 98 valence electrons. The van der Waals surface area contributed by atoms with Crippen molar-refractivity contribution in [3.63, 3.8) is 0 Å². The van der Waals surface area contributed by atoms with Crippen LogP contribution in [0.25, 0.3) is 0 Å². The Bertz CT molecular complexity index is 284. The molecule has 0 spiro atoms. The number of likely N-dealkylation sites (tertiary alicyclic amines) is 1. The smallest absolute Gasteiger partial charge is 0.105 e. The predicted octanol–water partition coefficient (Wildman–Crippen LogP) is 2.39. The van der Waals surface area contributed by atoms with Gasteiger partial charge in [-0.3, -0.25) is 10.2 Å². The third kappa shape index (κ3) is 3.69. The van der Waals surface area contributed by atoms with E-state index in [2.05, 4.69) is 44.0 Å². The third-order valence-electron chi connectivity index (χ3n) is 3.92. The maximum atomic E-state index is 9.29. The molecule has 0 saturated carbocycles. The molecule has 0 aromatic carbocycles. The first kappa shape index (κ1) is 14.5. The maximum absolute atomic E-state index is 9.29. The van der Waals surface area contributed by atoms with Crippen LogP contribution < -0.4 is 5.32 Å². The van der Waals surface area contributed by atoms with Gasteiger partial charge in [0.1, 0.15) is 5.54 Å². The summed E-state index contributed by atoms with van der Waals surface area (Å²) < 4.78 is 0. The number of rotatable bonds is 5. The van der Waals surface area contributed by atoms with E-state index in [1.54, 1.807) is 0 Å². The van der Waals surface area contributed by atoms with Crippen LogP contribution in [0.1, 0.15) is 47.5 Å². The first-order valence-electron chi connectivity index (χ1n) is 6.84. The van der Waals surface area contributed by atoms with Gasteiger partial charge in [0.15, 0.2) is 0 Å². The van der Waals surface area contributed by atoms with Gasteiger partial charge in [-0.2, -0.15) is 5.26 Å². The van der Waals surface area contributed by atoms with Crippen molar-refractivity contribution in [2.24, 2.45) is 5.92 Å². The van der Waals surface area contributed by atoms with Crippen LogP contribution in [0, 0.1) is 17.2 Å². The van der Waals surface area contributed by atoms with E-state index in [0.717, 1.165) is 18.9 Å². The largest absolute Gasteiger partial charge is 0.300 e. The molecule has 1 saturated heterocycles. The molecule has 4 atom stereocenters. The average Bonchev–Trinajstić information content (AvgIpc) is 2.58. The van der Waals surface area contributed by atoms with E-state index in [1.165, 1.54) is 13.0 Å². The van der Waals surface area contributed by atoms with Gasteiger partial charge in [0, 0.05) is 18.6 Å². The minimum atomic E-state index is -0.389. The van der Waals surface area contributed by atoms with Gasteiger partial charge >= 0.3 is 0 Å². The first-order chi connectivity index (χ1) is 7.91. The van der Waals surface area contributed by atoms with Crippen LogP contribution in [0.4, 0.5) is 0 Å². The van der Waals surface area contributed by atoms with Crippen molar-refractivity contribution in [1.82, 2.24) is 10.2 Å². The summed E-state index contributed by atoms with van der Waals surface area (Å²) in [6.45, 7) is 13.0. The highest BCUT2D eigenvalue weighted by Gasteiger charge is 2.34. The highest BCUT2D eigenvalue weighted by Crippen LogP contribution is 2.27. The molecule has 0 radical (unpaired) electrons. The molecular formula is C14H27N3. The summed E-state index contributed by atoms with van der Waals surface area (Å²) in [5.74, 6) is 0.792. The van der Waals surface area contributed by atoms with Crippen LogP contribution in [-0.2, 0) is 0 Å². The van der Waals surface area contributed by atoms with Gasteiger partial charge in [-0.1, -0.05) is 13.8 Å². The second-order valence-electron chi connectivity index (χ2n) is 5.91. The topological polar surface area (TPSA) is 39.1 Å². The van der Waals surface area contributed by atoms with Crippen molar-refractivity contribution in [3.05, 3.63) is 0 Å². The Balaban J connectivity index is 2.59. The number of nitrogens with one attached hydrogen (secondary N) is 1. The summed E-state index contributed by atoms with van der Waals surface area (Å²) in [4.78, 5) is 2.55. The lowest BCUT2D eigenvalue weighted by Gasteiger charge is -2.34. The van der Waals surface area contributed by atoms with Gasteiger partial charge < -0.3 is 0 Å². The monoisotopic (exact) mass is 237 g/mol. The fourth-order valence-electron chi connectivity index (χ4n) is 3.20. The Morgan fingerprint density at radius 2 is 2.18 bits per heavy atom. The molecule has 1 aliphatic heterocycles. The van der Waals surface area contributed by atoms with Gasteiger partial charge in [0.25, 0.3) is 0 Å². The molecule has 3 nitrogen and oxygen atoms in total. The molecule has 1 N–H and O–H groups in total. The Morgan fingerprint density at radius 3 is 2.59 bits per heavy atom. The lowest BCUT2D eigenvalue weighted by atomic mass is 9.94. The quantitative estimate of drug-likeness (QED) is 0.798. The Hall–Kier alpha value is -0.590. The summed E-state index contributed by atoms with van der Waals surface area (Å²) in [6, 6.07) is 3.55. The summed E-state index contributed by atoms with van der Waals surface area (Å²) in [5.41, 5.74) is -0.389. The van der Waals surface area contributed by atoms with E-state index < -0.39 is 0 Å². The second-order valence-corrected chi connectivity index (χ2v) is 5.91. The number of nitriles is 1. The second kappa shape index (κ2) is 5.84. The molecule has 17 heavy (non-hydrogen) atoms. The molecule has 0 amide bonds. The van der Waals surface area contributed by atoms with Crippen molar-refractivity contribution in [1.29, 1.82) is 5.26 Å². The van der Waals surface area contributed by atoms with Crippen LogP contribution >= 0.6 is 0 Å². The van der Waals surface area contributed by atoms with Crippen LogP contribution in [0.3, 0.4) is 0 Å². The maximum Gasteiger partial charge on any atom is 0.105 e. The average molecular weight is 237 g/mol. The van der Waals surface area contributed by atoms with Gasteiger partial charge in [-0.15, -0.1) is 0 Å². The summed E-state index contributed by atoms with van der Waals surface area (Å²) >= 11 is 0. The van der Waals surface area contributed by atoms with Gasteiger partial charge in [-0.25, -0.2) is 0 Å². The number of hydrogen-bond acceptors (Lipinski definition) is 3. The predicted molar refractivity (Wildman–Crippen MR) is 71.7 cm³/mol. The minimum absolute atomic E-state index is 0.389. The Kier molecular flexibility index (Phi) is 4.97. The van der Waals surface area contributed by atoms with Crippen LogP contribution in [0.5, 0.6) is 0 Å². The molecule has 1 heterocycles. The van der Waals surface area contributed by atoms with Gasteiger partial charge in [0.2, 0.25) is 0 Å². The van der Waals surface area contributed by atoms with Crippen molar-refractivity contribution in [2.75, 3.05) is 13.1 Å². The summed E-state index contributed by atoms with van der Waals surface area (Å²) in [7, 11) is 0. The normalized spacial score (nSPS) is 30.8. The highest BCUT2D eigenvalue weighted by atomic mass is 15.2. The van der Waals surface area contributed by atoms with Crippen molar-refractivity contribution in [3.8, 4) is 6.07 Å². The van der Waals surface area contributed by atoms with E-state index in [0.29, 0.717) is 12.1 Å². The first-order valence-corrected chi connectivity index (χ1v) is 6.84. The Morgan fingerprint density at radius 1 is 1.53 bits per heavy atom. The molecule has 0 bridgehead atoms. The summed E-state index contributed by atoms with van der Waals surface area (Å²) in [6.07, 6.45) is 2.18. The zero-order chi connectivity index (χ0) is 13.1. The molecule has 3 heteroatoms. The fraction of sp³-hybridized carbons (Fsp3) is 0.929. The van der Waals surface area contributed by atoms with Crippen molar-refractivity contribution < 1.29 is 0 Å². The molecule has 0 aliphatic carbocycles. The highest BCUT2D eigenvalue weighted by molar-refractivity contribution is 5.05. The van der Waals surface area contributed by atoms with Crippen LogP contribution in [0.2, 0.25) is 0 Å². The number of hydrogen-bond donors (Lipinski definition) is 1. The molecular weight excluding hydrogens is 210 g/mol. The lowest BCUT2D eigenvalue weighted by molar-refractivity contribution is 0.168. The molecule has 1 fully saturated rings. The molecule has 4 unspecified atom stereocenters. The van der Waals surface area contributed by atoms with Crippen LogP contribution in [-0.4, -0.2) is 35.6 Å². The SMILES string of the molecule is CCNC(C)(C#N)CC(C)N1CC(C)CC1C. The van der Waals surface area contributed by atoms with Crippen LogP contribution in [0.15, 0.2) is 0 Å². The third-order valence-corrected chi connectivity index (χ3v) is 3.92. The van der Waals surface area contributed by atoms with E-state index >= 15 is 0 Å².